The lowest BCUT2D eigenvalue weighted by Crippen LogP contribution is -2.45. The summed E-state index contributed by atoms with van der Waals surface area (Å²) < 4.78 is 63.2. The van der Waals surface area contributed by atoms with Crippen LogP contribution in [0.3, 0.4) is 0 Å². The van der Waals surface area contributed by atoms with Crippen molar-refractivity contribution in [2.75, 3.05) is 19.7 Å². The molecule has 0 unspecified atom stereocenters. The van der Waals surface area contributed by atoms with Crippen molar-refractivity contribution in [2.45, 2.75) is 18.3 Å². The van der Waals surface area contributed by atoms with Crippen molar-refractivity contribution >= 4 is 39.2 Å². The second kappa shape index (κ2) is 7.83. The number of likely N-dealkylation sites (tertiary alicyclic amines) is 1. The minimum absolute atomic E-state index is 0.0378. The van der Waals surface area contributed by atoms with Gasteiger partial charge >= 0.3 is 15.6 Å². The van der Waals surface area contributed by atoms with Crippen LogP contribution in [0.25, 0.3) is 0 Å². The quantitative estimate of drug-likeness (QED) is 0.522. The zero-order valence-electron chi connectivity index (χ0n) is 13.6. The monoisotopic (exact) mass is 444 g/mol. The van der Waals surface area contributed by atoms with Gasteiger partial charge in [-0.05, 0) is 31.0 Å². The Bertz CT molecular complexity index is 876. The maximum atomic E-state index is 12.5. The predicted molar refractivity (Wildman–Crippen MR) is 90.6 cm³/mol. The molecule has 12 heteroatoms. The number of nitrogens with zero attached hydrogens (tertiary/aromatic N) is 2. The van der Waals surface area contributed by atoms with Gasteiger partial charge in [-0.25, -0.2) is 0 Å². The normalized spacial score (nSPS) is 17.4. The molecule has 27 heavy (non-hydrogen) atoms. The summed E-state index contributed by atoms with van der Waals surface area (Å²) in [7, 11) is -5.79. The first-order valence-corrected chi connectivity index (χ1v) is 9.68. The number of alkyl halides is 3. The molecular weight excluding hydrogens is 432 g/mol. The fraction of sp³-hybridized carbons (Fsp3) is 0.467. The third kappa shape index (κ3) is 4.85. The van der Waals surface area contributed by atoms with Crippen LogP contribution in [0.15, 0.2) is 18.2 Å². The van der Waals surface area contributed by atoms with Gasteiger partial charge in [-0.2, -0.15) is 26.9 Å². The van der Waals surface area contributed by atoms with Crippen LogP contribution in [-0.4, -0.2) is 44.4 Å². The van der Waals surface area contributed by atoms with Crippen molar-refractivity contribution < 1.29 is 30.6 Å². The van der Waals surface area contributed by atoms with Gasteiger partial charge in [-0.1, -0.05) is 23.2 Å². The van der Waals surface area contributed by atoms with E-state index in [2.05, 4.69) is 4.18 Å². The molecule has 148 valence electrons. The van der Waals surface area contributed by atoms with E-state index in [4.69, 9.17) is 23.2 Å². The van der Waals surface area contributed by atoms with Crippen LogP contribution in [0.1, 0.15) is 23.2 Å². The second-order valence-corrected chi connectivity index (χ2v) is 8.40. The zero-order chi connectivity index (χ0) is 20.5. The Balaban J connectivity index is 2.04. The molecule has 1 aromatic rings. The molecule has 0 saturated carbocycles. The molecule has 1 amide bonds. The van der Waals surface area contributed by atoms with Crippen LogP contribution >= 0.6 is 23.2 Å². The Morgan fingerprint density at radius 3 is 2.33 bits per heavy atom. The molecule has 0 aromatic heterocycles. The number of carbonyl (C=O) groups excluding carboxylic acids is 1. The summed E-state index contributed by atoms with van der Waals surface area (Å²) >= 11 is 11.7. The summed E-state index contributed by atoms with van der Waals surface area (Å²) in [5, 5.41) is 9.78. The van der Waals surface area contributed by atoms with Crippen LogP contribution in [0, 0.1) is 16.7 Å². The number of rotatable bonds is 4. The van der Waals surface area contributed by atoms with Crippen LogP contribution in [0.5, 0.6) is 0 Å². The summed E-state index contributed by atoms with van der Waals surface area (Å²) in [6.45, 7) is -0.843. The maximum absolute atomic E-state index is 12.5. The molecular formula is C15H13Cl2F3N2O4S. The predicted octanol–water partition coefficient (Wildman–Crippen LogP) is 3.61. The van der Waals surface area contributed by atoms with Gasteiger partial charge in [0.25, 0.3) is 5.91 Å². The number of amides is 1. The molecule has 0 N–H and O–H groups in total. The SMILES string of the molecule is N#CC1(COS(=O)(=O)C(F)(F)F)CCN(C(=O)c2ccc(Cl)c(Cl)c2)CC1. The topological polar surface area (TPSA) is 87.5 Å². The van der Waals surface area contributed by atoms with Crippen LogP contribution in [-0.2, 0) is 14.3 Å². The molecule has 1 heterocycles. The number of benzene rings is 1. The van der Waals surface area contributed by atoms with Gasteiger partial charge in [-0.3, -0.25) is 8.98 Å². The molecule has 1 aliphatic heterocycles. The number of carbonyl (C=O) groups is 1. The van der Waals surface area contributed by atoms with E-state index in [-0.39, 0.29) is 47.4 Å². The van der Waals surface area contributed by atoms with Gasteiger partial charge in [0.1, 0.15) is 0 Å². The molecule has 1 aliphatic rings. The average Bonchev–Trinajstić information content (AvgIpc) is 2.61. The smallest absolute Gasteiger partial charge is 0.339 e. The Morgan fingerprint density at radius 2 is 1.85 bits per heavy atom. The minimum atomic E-state index is -5.79. The molecule has 0 spiro atoms. The van der Waals surface area contributed by atoms with Crippen molar-refractivity contribution in [3.63, 3.8) is 0 Å². The van der Waals surface area contributed by atoms with E-state index in [0.717, 1.165) is 0 Å². The van der Waals surface area contributed by atoms with E-state index in [9.17, 15) is 31.6 Å². The summed E-state index contributed by atoms with van der Waals surface area (Å²) in [5.41, 5.74) is -6.73. The molecule has 0 bridgehead atoms. The van der Waals surface area contributed by atoms with Crippen molar-refractivity contribution in [3.05, 3.63) is 33.8 Å². The van der Waals surface area contributed by atoms with Gasteiger partial charge in [0.2, 0.25) is 0 Å². The van der Waals surface area contributed by atoms with E-state index in [1.54, 1.807) is 0 Å². The first-order valence-electron chi connectivity index (χ1n) is 7.52. The summed E-state index contributed by atoms with van der Waals surface area (Å²) in [6, 6.07) is 6.14. The molecule has 1 aromatic carbocycles. The van der Waals surface area contributed by atoms with E-state index in [0.29, 0.717) is 0 Å². The molecule has 0 atom stereocenters. The average molecular weight is 445 g/mol. The van der Waals surface area contributed by atoms with Gasteiger partial charge in [0.05, 0.1) is 28.1 Å². The standard InChI is InChI=1S/C15H13Cl2F3N2O4S/c16-11-2-1-10(7-12(11)17)13(23)22-5-3-14(8-21,4-6-22)9-26-27(24,25)15(18,19)20/h1-2,7H,3-6,9H2. The van der Waals surface area contributed by atoms with Gasteiger partial charge in [0.15, 0.2) is 0 Å². The molecule has 1 saturated heterocycles. The Kier molecular flexibility index (Phi) is 6.31. The summed E-state index contributed by atoms with van der Waals surface area (Å²) in [5.74, 6) is -0.385. The van der Waals surface area contributed by atoms with Crippen molar-refractivity contribution in [2.24, 2.45) is 5.41 Å². The molecule has 0 aliphatic carbocycles. The largest absolute Gasteiger partial charge is 0.523 e. The van der Waals surface area contributed by atoms with Crippen LogP contribution in [0.2, 0.25) is 10.0 Å². The highest BCUT2D eigenvalue weighted by Crippen LogP contribution is 2.34. The van der Waals surface area contributed by atoms with E-state index >= 15 is 0 Å². The number of halogens is 5. The lowest BCUT2D eigenvalue weighted by atomic mass is 9.80. The maximum Gasteiger partial charge on any atom is 0.523 e. The van der Waals surface area contributed by atoms with Crippen LogP contribution in [0.4, 0.5) is 13.2 Å². The zero-order valence-corrected chi connectivity index (χ0v) is 15.9. The fourth-order valence-corrected chi connectivity index (χ4v) is 3.31. The van der Waals surface area contributed by atoms with Gasteiger partial charge in [0, 0.05) is 18.7 Å². The molecule has 6 nitrogen and oxygen atoms in total. The molecule has 0 radical (unpaired) electrons. The third-order valence-electron chi connectivity index (χ3n) is 4.19. The minimum Gasteiger partial charge on any atom is -0.339 e. The van der Waals surface area contributed by atoms with Crippen LogP contribution < -0.4 is 0 Å². The van der Waals surface area contributed by atoms with E-state index < -0.39 is 27.6 Å². The lowest BCUT2D eigenvalue weighted by molar-refractivity contribution is -0.0565. The van der Waals surface area contributed by atoms with Crippen molar-refractivity contribution in [3.8, 4) is 6.07 Å². The number of piperidine rings is 1. The Hall–Kier alpha value is -1.54. The van der Waals surface area contributed by atoms with Gasteiger partial charge < -0.3 is 4.90 Å². The second-order valence-electron chi connectivity index (χ2n) is 5.98. The van der Waals surface area contributed by atoms with E-state index in [1.165, 1.54) is 23.1 Å². The molecule has 2 rings (SSSR count). The van der Waals surface area contributed by atoms with E-state index in [1.807, 2.05) is 6.07 Å². The Labute approximate surface area is 163 Å². The van der Waals surface area contributed by atoms with Crippen molar-refractivity contribution in [1.29, 1.82) is 5.26 Å². The van der Waals surface area contributed by atoms with Gasteiger partial charge in [-0.15, -0.1) is 0 Å². The highest BCUT2D eigenvalue weighted by atomic mass is 35.5. The molecule has 1 fully saturated rings. The highest BCUT2D eigenvalue weighted by Gasteiger charge is 2.49. The lowest BCUT2D eigenvalue weighted by Gasteiger charge is -2.36. The third-order valence-corrected chi connectivity index (χ3v) is 5.92. The summed E-state index contributed by atoms with van der Waals surface area (Å²) in [4.78, 5) is 13.9. The summed E-state index contributed by atoms with van der Waals surface area (Å²) in [6.07, 6.45) is -0.0755. The number of hydrogen-bond acceptors (Lipinski definition) is 5. The Morgan fingerprint density at radius 1 is 1.26 bits per heavy atom. The number of nitriles is 1. The highest BCUT2D eigenvalue weighted by molar-refractivity contribution is 7.87. The number of hydrogen-bond donors (Lipinski definition) is 0. The fourth-order valence-electron chi connectivity index (χ4n) is 2.50. The first-order chi connectivity index (χ1) is 12.4. The first kappa shape index (κ1) is 21.8. The van der Waals surface area contributed by atoms with Crippen molar-refractivity contribution in [1.82, 2.24) is 4.90 Å².